The normalized spacial score (nSPS) is 17.9. The van der Waals surface area contributed by atoms with Gasteiger partial charge in [-0.15, -0.1) is 11.8 Å². The third-order valence-corrected chi connectivity index (χ3v) is 7.33. The summed E-state index contributed by atoms with van der Waals surface area (Å²) in [6, 6.07) is 26.7. The molecule has 32 heavy (non-hydrogen) atoms. The lowest BCUT2D eigenvalue weighted by Gasteiger charge is -2.25. The number of fused-ring (bicyclic) bond motifs is 3. The Kier molecular flexibility index (Phi) is 6.10. The van der Waals surface area contributed by atoms with Crippen molar-refractivity contribution in [2.75, 3.05) is 5.75 Å². The number of thioether (sulfide) groups is 1. The highest BCUT2D eigenvalue weighted by Crippen LogP contribution is 2.50. The van der Waals surface area contributed by atoms with Crippen molar-refractivity contribution in [1.82, 2.24) is 5.48 Å². The summed E-state index contributed by atoms with van der Waals surface area (Å²) in [6.45, 7) is 0. The molecule has 1 N–H and O–H groups in total. The first-order valence-electron chi connectivity index (χ1n) is 11.1. The maximum atomic E-state index is 12.5. The Morgan fingerprint density at radius 1 is 0.875 bits per heavy atom. The molecule has 0 radical (unpaired) electrons. The summed E-state index contributed by atoms with van der Waals surface area (Å²) in [5.41, 5.74) is 7.94. The molecule has 162 valence electrons. The number of amidine groups is 1. The lowest BCUT2D eigenvalue weighted by Crippen LogP contribution is -2.27. The van der Waals surface area contributed by atoms with Gasteiger partial charge in [0.1, 0.15) is 6.29 Å². The number of hydrogen-bond donors (Lipinski definition) is 1. The Balaban J connectivity index is 1.15. The smallest absolute Gasteiger partial charge is 0.223 e. The molecule has 5 heteroatoms. The van der Waals surface area contributed by atoms with Crippen LogP contribution in [0.4, 0.5) is 0 Å². The Bertz CT molecular complexity index is 1080. The van der Waals surface area contributed by atoms with Gasteiger partial charge in [0.05, 0.1) is 5.41 Å². The van der Waals surface area contributed by atoms with Gasteiger partial charge in [0, 0.05) is 5.56 Å². The van der Waals surface area contributed by atoms with Gasteiger partial charge in [0.25, 0.3) is 0 Å². The van der Waals surface area contributed by atoms with Crippen LogP contribution in [0, 0.1) is 0 Å². The minimum atomic E-state index is -0.520. The highest BCUT2D eigenvalue weighted by atomic mass is 32.2. The van der Waals surface area contributed by atoms with Crippen molar-refractivity contribution in [3.63, 3.8) is 0 Å². The predicted molar refractivity (Wildman–Crippen MR) is 131 cm³/mol. The summed E-state index contributed by atoms with van der Waals surface area (Å²) in [4.78, 5) is 22.6. The molecule has 1 aliphatic heterocycles. The first-order chi connectivity index (χ1) is 15.8. The molecule has 0 bridgehead atoms. The van der Waals surface area contributed by atoms with E-state index in [1.165, 1.54) is 17.4 Å². The molecule has 0 saturated carbocycles. The molecule has 2 aliphatic rings. The molecule has 5 rings (SSSR count). The molecular formula is C27H26N2O2S. The number of unbranched alkanes of at least 4 members (excludes halogenated alkanes) is 2. The zero-order valence-corrected chi connectivity index (χ0v) is 18.7. The van der Waals surface area contributed by atoms with Crippen molar-refractivity contribution < 1.29 is 9.63 Å². The molecule has 3 aromatic rings. The fraction of sp³-hybridized carbons (Fsp3) is 0.259. The van der Waals surface area contributed by atoms with Gasteiger partial charge in [-0.3, -0.25) is 0 Å². The summed E-state index contributed by atoms with van der Waals surface area (Å²) < 4.78 is 0. The second-order valence-corrected chi connectivity index (χ2v) is 9.38. The third-order valence-electron chi connectivity index (χ3n) is 6.32. The molecule has 0 fully saturated rings. The summed E-state index contributed by atoms with van der Waals surface area (Å²) in [7, 11) is 0. The van der Waals surface area contributed by atoms with Gasteiger partial charge in [0.2, 0.25) is 5.56 Å². The molecule has 3 aromatic carbocycles. The van der Waals surface area contributed by atoms with E-state index in [9.17, 15) is 4.79 Å². The third kappa shape index (κ3) is 3.87. The first kappa shape index (κ1) is 21.0. The van der Waals surface area contributed by atoms with Gasteiger partial charge in [-0.05, 0) is 40.8 Å². The molecular weight excluding hydrogens is 416 g/mol. The zero-order chi connectivity index (χ0) is 21.8. The van der Waals surface area contributed by atoms with Crippen LogP contribution < -0.4 is 5.48 Å². The average molecular weight is 443 g/mol. The number of hydroxylamine groups is 1. The zero-order valence-electron chi connectivity index (χ0n) is 17.9. The van der Waals surface area contributed by atoms with Crippen molar-refractivity contribution >= 4 is 23.9 Å². The van der Waals surface area contributed by atoms with E-state index >= 15 is 0 Å². The van der Waals surface area contributed by atoms with Crippen LogP contribution in [-0.4, -0.2) is 23.4 Å². The van der Waals surface area contributed by atoms with E-state index in [-0.39, 0.29) is 5.56 Å². The number of carbonyl (C=O) groups is 1. The topological polar surface area (TPSA) is 50.7 Å². The number of aliphatic imine (C=N–C) groups is 1. The number of carbonyl (C=O) groups excluding carboxylic acids is 1. The van der Waals surface area contributed by atoms with Crippen molar-refractivity contribution in [3.8, 4) is 11.1 Å². The fourth-order valence-electron chi connectivity index (χ4n) is 4.75. The lowest BCUT2D eigenvalue weighted by atomic mass is 9.75. The Morgan fingerprint density at radius 2 is 1.53 bits per heavy atom. The summed E-state index contributed by atoms with van der Waals surface area (Å²) in [5.74, 6) is 1.76. The first-order valence-corrected chi connectivity index (χ1v) is 12.2. The largest absolute Gasteiger partial charge is 0.302 e. The standard InChI is InChI=1S/C27H26N2O2S/c30-19-27(23-15-7-5-13-21(23)22-14-6-8-16-24(22)27)17-9-2-10-18-32-26-28-25(29-31-26)20-11-3-1-4-12-20/h1,3-8,11-16,19,26H,2,9-10,17-18H2,(H,28,29). The predicted octanol–water partition coefficient (Wildman–Crippen LogP) is 5.71. The molecule has 1 unspecified atom stereocenters. The summed E-state index contributed by atoms with van der Waals surface area (Å²) in [5, 5.41) is 0. The number of rotatable bonds is 9. The minimum Gasteiger partial charge on any atom is -0.302 e. The van der Waals surface area contributed by atoms with Crippen LogP contribution in [0.2, 0.25) is 0 Å². The van der Waals surface area contributed by atoms with E-state index in [1.807, 2.05) is 42.5 Å². The van der Waals surface area contributed by atoms with E-state index in [0.717, 1.165) is 54.0 Å². The van der Waals surface area contributed by atoms with Crippen LogP contribution in [-0.2, 0) is 15.0 Å². The Hall–Kier alpha value is -2.89. The van der Waals surface area contributed by atoms with Gasteiger partial charge in [-0.25, -0.2) is 15.3 Å². The van der Waals surface area contributed by atoms with Gasteiger partial charge in [0.15, 0.2) is 5.84 Å². The van der Waals surface area contributed by atoms with Crippen LogP contribution in [0.15, 0.2) is 83.9 Å². The summed E-state index contributed by atoms with van der Waals surface area (Å²) in [6.07, 6.45) is 5.16. The average Bonchev–Trinajstić information content (AvgIpc) is 3.44. The van der Waals surface area contributed by atoms with Crippen molar-refractivity contribution in [1.29, 1.82) is 0 Å². The molecule has 4 nitrogen and oxygen atoms in total. The van der Waals surface area contributed by atoms with Gasteiger partial charge < -0.3 is 4.79 Å². The molecule has 0 aromatic heterocycles. The quantitative estimate of drug-likeness (QED) is 0.341. The molecule has 1 heterocycles. The minimum absolute atomic E-state index is 0.208. The SMILES string of the molecule is O=CC1(CCCCCSC2N=C(c3ccccc3)NO2)c2ccccc2-c2ccccc21. The molecule has 1 aliphatic carbocycles. The monoisotopic (exact) mass is 442 g/mol. The van der Waals surface area contributed by atoms with Crippen LogP contribution in [0.3, 0.4) is 0 Å². The molecule has 1 atom stereocenters. The maximum absolute atomic E-state index is 12.5. The van der Waals surface area contributed by atoms with Crippen molar-refractivity contribution in [2.45, 2.75) is 36.7 Å². The highest BCUT2D eigenvalue weighted by molar-refractivity contribution is 7.99. The number of aldehydes is 1. The van der Waals surface area contributed by atoms with E-state index < -0.39 is 5.41 Å². The number of nitrogens with one attached hydrogen (secondary N) is 1. The molecule has 0 spiro atoms. The lowest BCUT2D eigenvalue weighted by molar-refractivity contribution is -0.111. The Morgan fingerprint density at radius 3 is 2.22 bits per heavy atom. The van der Waals surface area contributed by atoms with Gasteiger partial charge in [-0.1, -0.05) is 91.7 Å². The molecule has 0 saturated heterocycles. The highest BCUT2D eigenvalue weighted by Gasteiger charge is 2.42. The van der Waals surface area contributed by atoms with Gasteiger partial charge >= 0.3 is 0 Å². The van der Waals surface area contributed by atoms with Crippen LogP contribution in [0.25, 0.3) is 11.1 Å². The number of nitrogens with zero attached hydrogens (tertiary/aromatic N) is 1. The van der Waals surface area contributed by atoms with E-state index in [2.05, 4.69) is 46.9 Å². The van der Waals surface area contributed by atoms with Crippen LogP contribution in [0.1, 0.15) is 42.4 Å². The van der Waals surface area contributed by atoms with Crippen molar-refractivity contribution in [3.05, 3.63) is 95.6 Å². The Labute approximate surface area is 193 Å². The second-order valence-electron chi connectivity index (χ2n) is 8.23. The van der Waals surface area contributed by atoms with Gasteiger partial charge in [-0.2, -0.15) is 0 Å². The number of benzene rings is 3. The molecule has 0 amide bonds. The van der Waals surface area contributed by atoms with E-state index in [0.29, 0.717) is 0 Å². The second kappa shape index (κ2) is 9.31. The fourth-order valence-corrected chi connectivity index (χ4v) is 5.61. The summed E-state index contributed by atoms with van der Waals surface area (Å²) >= 11 is 1.71. The van der Waals surface area contributed by atoms with Crippen LogP contribution >= 0.6 is 11.8 Å². The maximum Gasteiger partial charge on any atom is 0.223 e. The van der Waals surface area contributed by atoms with Crippen molar-refractivity contribution in [2.24, 2.45) is 4.99 Å². The number of hydrogen-bond acceptors (Lipinski definition) is 5. The van der Waals surface area contributed by atoms with E-state index in [4.69, 9.17) is 4.84 Å². The van der Waals surface area contributed by atoms with E-state index in [1.54, 1.807) is 11.8 Å². The van der Waals surface area contributed by atoms with Crippen LogP contribution in [0.5, 0.6) is 0 Å².